The second kappa shape index (κ2) is 9.20. The van der Waals surface area contributed by atoms with E-state index in [9.17, 15) is 14.4 Å². The molecule has 0 saturated heterocycles. The van der Waals surface area contributed by atoms with Crippen LogP contribution in [-0.4, -0.2) is 30.3 Å². The molecule has 6 heteroatoms. The van der Waals surface area contributed by atoms with Crippen LogP contribution < -0.4 is 16.0 Å². The van der Waals surface area contributed by atoms with Crippen molar-refractivity contribution in [2.75, 3.05) is 11.9 Å². The second-order valence-electron chi connectivity index (χ2n) is 7.36. The summed E-state index contributed by atoms with van der Waals surface area (Å²) >= 11 is 0. The van der Waals surface area contributed by atoms with Crippen LogP contribution in [0.2, 0.25) is 0 Å². The largest absolute Gasteiger partial charge is 0.356 e. The maximum atomic E-state index is 11.9. The lowest BCUT2D eigenvalue weighted by Crippen LogP contribution is -2.35. The molecule has 25 heavy (non-hydrogen) atoms. The molecule has 6 nitrogen and oxygen atoms in total. The summed E-state index contributed by atoms with van der Waals surface area (Å²) in [6, 6.07) is 6.84. The van der Waals surface area contributed by atoms with E-state index in [1.807, 2.05) is 34.6 Å². The Kier molecular flexibility index (Phi) is 7.61. The molecule has 0 heterocycles. The summed E-state index contributed by atoms with van der Waals surface area (Å²) in [6.45, 7) is 9.81. The molecule has 0 aliphatic rings. The highest BCUT2D eigenvalue weighted by Gasteiger charge is 2.20. The highest BCUT2D eigenvalue weighted by atomic mass is 16.2. The van der Waals surface area contributed by atoms with E-state index in [4.69, 9.17) is 0 Å². The zero-order chi connectivity index (χ0) is 19.0. The third kappa shape index (κ3) is 7.83. The Morgan fingerprint density at radius 2 is 1.64 bits per heavy atom. The maximum Gasteiger partial charge on any atom is 0.251 e. The van der Waals surface area contributed by atoms with Gasteiger partial charge in [0.2, 0.25) is 11.8 Å². The van der Waals surface area contributed by atoms with Gasteiger partial charge in [0.1, 0.15) is 0 Å². The SMILES string of the molecule is CC(C)NC(=O)c1ccc(NC(=O)CCCNC(=O)C(C)(C)C)cc1. The molecular weight excluding hydrogens is 318 g/mol. The monoisotopic (exact) mass is 347 g/mol. The number of hydrogen-bond donors (Lipinski definition) is 3. The first-order valence-electron chi connectivity index (χ1n) is 8.58. The van der Waals surface area contributed by atoms with Crippen LogP contribution in [0, 0.1) is 5.41 Å². The van der Waals surface area contributed by atoms with Crippen LogP contribution in [0.25, 0.3) is 0 Å². The molecule has 1 aromatic rings. The zero-order valence-electron chi connectivity index (χ0n) is 15.7. The first kappa shape index (κ1) is 20.7. The molecular formula is C19H29N3O3. The third-order valence-electron chi connectivity index (χ3n) is 3.40. The lowest BCUT2D eigenvalue weighted by molar-refractivity contribution is -0.128. The highest BCUT2D eigenvalue weighted by molar-refractivity contribution is 5.95. The topological polar surface area (TPSA) is 87.3 Å². The van der Waals surface area contributed by atoms with Gasteiger partial charge in [0.25, 0.3) is 5.91 Å². The summed E-state index contributed by atoms with van der Waals surface area (Å²) in [6.07, 6.45) is 0.891. The number of rotatable bonds is 7. The molecule has 1 rings (SSSR count). The van der Waals surface area contributed by atoms with Crippen molar-refractivity contribution in [3.05, 3.63) is 29.8 Å². The van der Waals surface area contributed by atoms with E-state index in [0.717, 1.165) is 0 Å². The van der Waals surface area contributed by atoms with Crippen LogP contribution in [0.5, 0.6) is 0 Å². The van der Waals surface area contributed by atoms with Gasteiger partial charge in [-0.3, -0.25) is 14.4 Å². The van der Waals surface area contributed by atoms with Crippen molar-refractivity contribution in [1.29, 1.82) is 0 Å². The molecule has 0 bridgehead atoms. The average Bonchev–Trinajstić information content (AvgIpc) is 2.50. The van der Waals surface area contributed by atoms with E-state index >= 15 is 0 Å². The first-order chi connectivity index (χ1) is 11.6. The summed E-state index contributed by atoms with van der Waals surface area (Å²) in [4.78, 5) is 35.5. The zero-order valence-corrected chi connectivity index (χ0v) is 15.7. The van der Waals surface area contributed by atoms with Gasteiger partial charge in [0.05, 0.1) is 0 Å². The lowest BCUT2D eigenvalue weighted by Gasteiger charge is -2.17. The molecule has 138 valence electrons. The van der Waals surface area contributed by atoms with Gasteiger partial charge in [-0.05, 0) is 44.5 Å². The summed E-state index contributed by atoms with van der Waals surface area (Å²) in [7, 11) is 0. The van der Waals surface area contributed by atoms with Crippen molar-refractivity contribution in [3.63, 3.8) is 0 Å². The van der Waals surface area contributed by atoms with Gasteiger partial charge in [0, 0.05) is 35.7 Å². The van der Waals surface area contributed by atoms with Crippen LogP contribution in [0.1, 0.15) is 57.8 Å². The molecule has 0 atom stereocenters. The Bertz CT molecular complexity index is 601. The molecule has 0 fully saturated rings. The number of amides is 3. The van der Waals surface area contributed by atoms with Crippen LogP contribution in [0.4, 0.5) is 5.69 Å². The minimum absolute atomic E-state index is 0.0248. The maximum absolute atomic E-state index is 11.9. The average molecular weight is 347 g/mol. The van der Waals surface area contributed by atoms with Gasteiger partial charge in [-0.2, -0.15) is 0 Å². The molecule has 0 spiro atoms. The minimum atomic E-state index is -0.425. The Balaban J connectivity index is 2.37. The van der Waals surface area contributed by atoms with E-state index in [1.54, 1.807) is 24.3 Å². The number of carbonyl (C=O) groups excluding carboxylic acids is 3. The molecule has 1 aromatic carbocycles. The predicted octanol–water partition coefficient (Wildman–Crippen LogP) is 2.71. The van der Waals surface area contributed by atoms with E-state index < -0.39 is 5.41 Å². The first-order valence-corrected chi connectivity index (χ1v) is 8.58. The van der Waals surface area contributed by atoms with Crippen LogP contribution in [0.15, 0.2) is 24.3 Å². The van der Waals surface area contributed by atoms with Gasteiger partial charge in [-0.1, -0.05) is 20.8 Å². The number of hydrogen-bond acceptors (Lipinski definition) is 3. The standard InChI is InChI=1S/C19H29N3O3/c1-13(2)21-17(24)14-8-10-15(11-9-14)22-16(23)7-6-12-20-18(25)19(3,4)5/h8-11,13H,6-7,12H2,1-5H3,(H,20,25)(H,21,24)(H,22,23). The fourth-order valence-electron chi connectivity index (χ4n) is 1.99. The van der Waals surface area contributed by atoms with Gasteiger partial charge >= 0.3 is 0 Å². The minimum Gasteiger partial charge on any atom is -0.356 e. The van der Waals surface area contributed by atoms with E-state index in [2.05, 4.69) is 16.0 Å². The van der Waals surface area contributed by atoms with E-state index in [-0.39, 0.29) is 23.8 Å². The second-order valence-corrected chi connectivity index (χ2v) is 7.36. The number of anilines is 1. The Morgan fingerprint density at radius 1 is 1.04 bits per heavy atom. The van der Waals surface area contributed by atoms with Gasteiger partial charge in [-0.25, -0.2) is 0 Å². The molecule has 0 aliphatic carbocycles. The van der Waals surface area contributed by atoms with E-state index in [1.165, 1.54) is 0 Å². The van der Waals surface area contributed by atoms with Gasteiger partial charge in [0.15, 0.2) is 0 Å². The fraction of sp³-hybridized carbons (Fsp3) is 0.526. The molecule has 0 radical (unpaired) electrons. The van der Waals surface area contributed by atoms with Gasteiger partial charge < -0.3 is 16.0 Å². The van der Waals surface area contributed by atoms with Crippen molar-refractivity contribution in [2.24, 2.45) is 5.41 Å². The number of carbonyl (C=O) groups is 3. The smallest absolute Gasteiger partial charge is 0.251 e. The van der Waals surface area contributed by atoms with Crippen molar-refractivity contribution in [3.8, 4) is 0 Å². The van der Waals surface area contributed by atoms with Crippen molar-refractivity contribution in [1.82, 2.24) is 10.6 Å². The summed E-state index contributed by atoms with van der Waals surface area (Å²) in [5.41, 5.74) is 0.771. The highest BCUT2D eigenvalue weighted by Crippen LogP contribution is 2.13. The van der Waals surface area contributed by atoms with E-state index in [0.29, 0.717) is 30.6 Å². The van der Waals surface area contributed by atoms with Crippen molar-refractivity contribution >= 4 is 23.4 Å². The molecule has 0 unspecified atom stereocenters. The van der Waals surface area contributed by atoms with Crippen LogP contribution in [0.3, 0.4) is 0 Å². The predicted molar refractivity (Wildman–Crippen MR) is 99.4 cm³/mol. The van der Waals surface area contributed by atoms with Crippen molar-refractivity contribution < 1.29 is 14.4 Å². The summed E-state index contributed by atoms with van der Waals surface area (Å²) in [5.74, 6) is -0.282. The number of nitrogens with one attached hydrogen (secondary N) is 3. The summed E-state index contributed by atoms with van der Waals surface area (Å²) < 4.78 is 0. The lowest BCUT2D eigenvalue weighted by atomic mass is 9.96. The Labute approximate surface area is 149 Å². The molecule has 0 saturated carbocycles. The fourth-order valence-corrected chi connectivity index (χ4v) is 1.99. The quantitative estimate of drug-likeness (QED) is 0.663. The van der Waals surface area contributed by atoms with Crippen molar-refractivity contribution in [2.45, 2.75) is 53.5 Å². The molecule has 3 amide bonds. The molecule has 0 aliphatic heterocycles. The Morgan fingerprint density at radius 3 is 2.16 bits per heavy atom. The Hall–Kier alpha value is -2.37. The van der Waals surface area contributed by atoms with Crippen LogP contribution in [-0.2, 0) is 9.59 Å². The van der Waals surface area contributed by atoms with Gasteiger partial charge in [-0.15, -0.1) is 0 Å². The molecule has 0 aromatic heterocycles. The van der Waals surface area contributed by atoms with Crippen LogP contribution >= 0.6 is 0 Å². The third-order valence-corrected chi connectivity index (χ3v) is 3.40. The summed E-state index contributed by atoms with van der Waals surface area (Å²) in [5, 5.41) is 8.41. The molecule has 3 N–H and O–H groups in total. The number of benzene rings is 1. The normalized spacial score (nSPS) is 11.1.